The molecule has 2 aromatic rings. The fourth-order valence-corrected chi connectivity index (χ4v) is 4.28. The summed E-state index contributed by atoms with van der Waals surface area (Å²) in [7, 11) is -0.906. The van der Waals surface area contributed by atoms with E-state index >= 15 is 0 Å². The van der Waals surface area contributed by atoms with E-state index in [9.17, 15) is 4.21 Å². The Morgan fingerprint density at radius 2 is 1.90 bits per heavy atom. The van der Waals surface area contributed by atoms with Crippen LogP contribution >= 0.6 is 11.6 Å². The van der Waals surface area contributed by atoms with Gasteiger partial charge in [0, 0.05) is 16.8 Å². The largest absolute Gasteiger partial charge is 0.254 e. The van der Waals surface area contributed by atoms with Crippen molar-refractivity contribution < 1.29 is 4.21 Å². The van der Waals surface area contributed by atoms with Crippen molar-refractivity contribution in [3.63, 3.8) is 0 Å². The number of rotatable bonds is 5. The first-order chi connectivity index (χ1) is 10.3. The monoisotopic (exact) mass is 319 g/mol. The second-order valence-electron chi connectivity index (χ2n) is 5.35. The summed E-state index contributed by atoms with van der Waals surface area (Å²) in [6.07, 6.45) is 7.07. The maximum Gasteiger partial charge on any atom is 0.132 e. The average Bonchev–Trinajstić information content (AvgIpc) is 3.01. The van der Waals surface area contributed by atoms with E-state index in [0.717, 1.165) is 30.6 Å². The molecule has 1 atom stereocenters. The molecule has 0 saturated carbocycles. The second-order valence-corrected chi connectivity index (χ2v) is 7.28. The van der Waals surface area contributed by atoms with E-state index in [0.29, 0.717) is 10.9 Å². The molecule has 4 heteroatoms. The normalized spacial score (nSPS) is 14.9. The summed E-state index contributed by atoms with van der Waals surface area (Å²) in [5, 5.41) is 0.666. The predicted octanol–water partition coefficient (Wildman–Crippen LogP) is 3.96. The molecule has 1 aliphatic rings. The lowest BCUT2D eigenvalue weighted by atomic mass is 10.0. The van der Waals surface area contributed by atoms with E-state index in [4.69, 9.17) is 11.6 Å². The molecule has 0 spiro atoms. The lowest BCUT2D eigenvalue weighted by Gasteiger charge is -2.09. The maximum atomic E-state index is 12.2. The molecule has 0 fully saturated rings. The van der Waals surface area contributed by atoms with E-state index in [1.165, 1.54) is 23.1 Å². The Morgan fingerprint density at radius 3 is 2.71 bits per heavy atom. The number of hydrogen-bond acceptors (Lipinski definition) is 2. The first-order valence-corrected chi connectivity index (χ1v) is 9.04. The van der Waals surface area contributed by atoms with Gasteiger partial charge < -0.3 is 0 Å². The number of benzene rings is 1. The SMILES string of the molecule is O=S(CCCc1cnc(Cl)c2c1CCC2)c1ccccc1. The van der Waals surface area contributed by atoms with Crippen LogP contribution in [0.1, 0.15) is 29.5 Å². The molecule has 1 unspecified atom stereocenters. The van der Waals surface area contributed by atoms with Gasteiger partial charge in [-0.2, -0.15) is 0 Å². The van der Waals surface area contributed by atoms with Crippen LogP contribution in [0.25, 0.3) is 0 Å². The van der Waals surface area contributed by atoms with Crippen LogP contribution in [-0.2, 0) is 30.1 Å². The van der Waals surface area contributed by atoms with Crippen LogP contribution in [0.5, 0.6) is 0 Å². The number of hydrogen-bond donors (Lipinski definition) is 0. The molecule has 21 heavy (non-hydrogen) atoms. The highest BCUT2D eigenvalue weighted by atomic mass is 35.5. The fourth-order valence-electron chi connectivity index (χ4n) is 2.92. The Labute approximate surface area is 133 Å². The number of nitrogens with zero attached hydrogens (tertiary/aromatic N) is 1. The standard InChI is InChI=1S/C17H18ClNOS/c18-17-16-10-4-9-15(16)13(12-19-17)6-5-11-21(20)14-7-2-1-3-8-14/h1-3,7-8,12H,4-6,9-11H2. The molecule has 3 rings (SSSR count). The Kier molecular flexibility index (Phi) is 4.71. The third-order valence-electron chi connectivity index (χ3n) is 3.97. The Hall–Kier alpha value is -1.19. The minimum atomic E-state index is -0.906. The fraction of sp³-hybridized carbons (Fsp3) is 0.353. The van der Waals surface area contributed by atoms with Gasteiger partial charge in [-0.15, -0.1) is 0 Å². The molecule has 2 nitrogen and oxygen atoms in total. The van der Waals surface area contributed by atoms with Crippen molar-refractivity contribution in [1.29, 1.82) is 0 Å². The van der Waals surface area contributed by atoms with Gasteiger partial charge in [-0.3, -0.25) is 4.21 Å². The van der Waals surface area contributed by atoms with Crippen molar-refractivity contribution in [2.45, 2.75) is 37.0 Å². The van der Waals surface area contributed by atoms with E-state index in [1.54, 1.807) is 0 Å². The van der Waals surface area contributed by atoms with Crippen LogP contribution in [0.4, 0.5) is 0 Å². The highest BCUT2D eigenvalue weighted by molar-refractivity contribution is 7.85. The van der Waals surface area contributed by atoms with Gasteiger partial charge in [0.2, 0.25) is 0 Å². The third-order valence-corrected chi connectivity index (χ3v) is 5.75. The molecule has 1 aromatic carbocycles. The van der Waals surface area contributed by atoms with E-state index in [2.05, 4.69) is 4.98 Å². The van der Waals surface area contributed by atoms with Crippen molar-refractivity contribution in [3.05, 3.63) is 58.4 Å². The number of aryl methyl sites for hydroxylation is 1. The van der Waals surface area contributed by atoms with Crippen molar-refractivity contribution >= 4 is 22.4 Å². The van der Waals surface area contributed by atoms with Crippen molar-refractivity contribution in [3.8, 4) is 0 Å². The molecule has 0 aliphatic heterocycles. The lowest BCUT2D eigenvalue weighted by Crippen LogP contribution is -2.02. The van der Waals surface area contributed by atoms with Gasteiger partial charge in [0.1, 0.15) is 5.15 Å². The summed E-state index contributed by atoms with van der Waals surface area (Å²) in [4.78, 5) is 5.21. The smallest absolute Gasteiger partial charge is 0.132 e. The summed E-state index contributed by atoms with van der Waals surface area (Å²) in [6.45, 7) is 0. The molecule has 0 bridgehead atoms. The average molecular weight is 320 g/mol. The molecule has 110 valence electrons. The third kappa shape index (κ3) is 3.35. The van der Waals surface area contributed by atoms with E-state index in [1.807, 2.05) is 36.5 Å². The van der Waals surface area contributed by atoms with Crippen LogP contribution < -0.4 is 0 Å². The van der Waals surface area contributed by atoms with E-state index in [-0.39, 0.29) is 0 Å². The molecule has 1 heterocycles. The highest BCUT2D eigenvalue weighted by Crippen LogP contribution is 2.30. The Bertz CT molecular complexity index is 657. The summed E-state index contributed by atoms with van der Waals surface area (Å²) < 4.78 is 12.2. The van der Waals surface area contributed by atoms with Gasteiger partial charge in [-0.05, 0) is 60.9 Å². The van der Waals surface area contributed by atoms with Crippen molar-refractivity contribution in [1.82, 2.24) is 4.98 Å². The van der Waals surface area contributed by atoms with Crippen LogP contribution in [0, 0.1) is 0 Å². The van der Waals surface area contributed by atoms with Gasteiger partial charge in [-0.25, -0.2) is 4.98 Å². The maximum absolute atomic E-state index is 12.2. The lowest BCUT2D eigenvalue weighted by molar-refractivity contribution is 0.680. The summed E-state index contributed by atoms with van der Waals surface area (Å²) in [6, 6.07) is 9.67. The summed E-state index contributed by atoms with van der Waals surface area (Å²) in [5.41, 5.74) is 3.91. The topological polar surface area (TPSA) is 30.0 Å². The molecule has 0 saturated heterocycles. The molecule has 0 radical (unpaired) electrons. The van der Waals surface area contributed by atoms with Crippen LogP contribution in [0.2, 0.25) is 5.15 Å². The summed E-state index contributed by atoms with van der Waals surface area (Å²) in [5.74, 6) is 0.696. The number of pyridine rings is 1. The molecule has 1 aromatic heterocycles. The van der Waals surface area contributed by atoms with Gasteiger partial charge in [0.05, 0.1) is 10.8 Å². The van der Waals surface area contributed by atoms with Crippen LogP contribution in [-0.4, -0.2) is 14.9 Å². The minimum Gasteiger partial charge on any atom is -0.254 e. The van der Waals surface area contributed by atoms with Crippen molar-refractivity contribution in [2.75, 3.05) is 5.75 Å². The minimum absolute atomic E-state index is 0.666. The first kappa shape index (κ1) is 14.7. The van der Waals surface area contributed by atoms with Gasteiger partial charge in [-0.1, -0.05) is 29.8 Å². The zero-order chi connectivity index (χ0) is 14.7. The number of aromatic nitrogens is 1. The Morgan fingerprint density at radius 1 is 1.14 bits per heavy atom. The van der Waals surface area contributed by atoms with Crippen LogP contribution in [0.3, 0.4) is 0 Å². The van der Waals surface area contributed by atoms with Gasteiger partial charge in [0.15, 0.2) is 0 Å². The van der Waals surface area contributed by atoms with Gasteiger partial charge >= 0.3 is 0 Å². The highest BCUT2D eigenvalue weighted by Gasteiger charge is 2.18. The Balaban J connectivity index is 1.62. The van der Waals surface area contributed by atoms with Gasteiger partial charge in [0.25, 0.3) is 0 Å². The predicted molar refractivity (Wildman–Crippen MR) is 87.3 cm³/mol. The number of halogens is 1. The molecule has 1 aliphatic carbocycles. The zero-order valence-electron chi connectivity index (χ0n) is 11.8. The molecular weight excluding hydrogens is 302 g/mol. The number of fused-ring (bicyclic) bond motifs is 1. The quantitative estimate of drug-likeness (QED) is 0.781. The molecule has 0 amide bonds. The zero-order valence-corrected chi connectivity index (χ0v) is 13.4. The first-order valence-electron chi connectivity index (χ1n) is 7.34. The van der Waals surface area contributed by atoms with Crippen molar-refractivity contribution in [2.24, 2.45) is 0 Å². The van der Waals surface area contributed by atoms with Crippen LogP contribution in [0.15, 0.2) is 41.4 Å². The second kappa shape index (κ2) is 6.71. The molecule has 0 N–H and O–H groups in total. The molecular formula is C17H18ClNOS. The van der Waals surface area contributed by atoms with E-state index < -0.39 is 10.8 Å². The summed E-state index contributed by atoms with van der Waals surface area (Å²) >= 11 is 6.15.